The number of rotatable bonds is 4. The second-order valence-electron chi connectivity index (χ2n) is 19.6. The zero-order chi connectivity index (χ0) is 42.8. The molecule has 4 aromatic carbocycles. The second-order valence-corrected chi connectivity index (χ2v) is 25.7. The summed E-state index contributed by atoms with van der Waals surface area (Å²) in [5.41, 5.74) is 11.5. The van der Waals surface area contributed by atoms with Gasteiger partial charge in [0.2, 0.25) is 0 Å². The van der Waals surface area contributed by atoms with Gasteiger partial charge in [-0.25, -0.2) is 0 Å². The van der Waals surface area contributed by atoms with Crippen LogP contribution in [-0.4, -0.2) is 3.21 Å². The van der Waals surface area contributed by atoms with Crippen LogP contribution >= 0.6 is 0 Å². The van der Waals surface area contributed by atoms with Crippen LogP contribution < -0.4 is 24.8 Å². The first-order valence-corrected chi connectivity index (χ1v) is 24.5. The average molecular weight is 953 g/mol. The van der Waals surface area contributed by atoms with E-state index in [0.29, 0.717) is 14.3 Å². The van der Waals surface area contributed by atoms with Crippen LogP contribution in [0, 0.1) is 11.3 Å². The minimum Gasteiger partial charge on any atom is -1.00 e. The minimum absolute atomic E-state index is 0. The van der Waals surface area contributed by atoms with Crippen LogP contribution in [-0.2, 0) is 44.4 Å². The predicted octanol–water partition coefficient (Wildman–Crippen LogP) is 9.36. The van der Waals surface area contributed by atoms with Gasteiger partial charge in [0, 0.05) is 0 Å². The second kappa shape index (κ2) is 16.1. The van der Waals surface area contributed by atoms with Crippen LogP contribution in [0.25, 0.3) is 22.3 Å². The van der Waals surface area contributed by atoms with Crippen LogP contribution in [0.15, 0.2) is 106 Å². The summed E-state index contributed by atoms with van der Waals surface area (Å²) in [5.74, 6) is -0.0591. The third-order valence-corrected chi connectivity index (χ3v) is 22.1. The first-order chi connectivity index (χ1) is 27.4. The molecule has 8 rings (SSSR count). The fraction of sp³-hybridized carbons (Fsp3) is 0.365. The molecule has 4 aliphatic rings. The van der Waals surface area contributed by atoms with Crippen molar-refractivity contribution in [2.24, 2.45) is 11.3 Å². The molecule has 0 bridgehead atoms. The average Bonchev–Trinajstić information content (AvgIpc) is 3.69. The summed E-state index contributed by atoms with van der Waals surface area (Å²) in [6.07, 6.45) is 1.63. The molecule has 61 heavy (non-hydrogen) atoms. The normalized spacial score (nSPS) is 18.7. The smallest absolute Gasteiger partial charge is 1.00 e. The standard InChI is InChI=1S/C27H29.C15H8F6.C10H15.2ClH.Zr/c1-16-7-9-26(3,4)24-12-18-11-19-13-25-21(17(2)8-10-27(25,5)6)15-23(19)22(18)14-20(16)24;16-14(17,18)12-5-1-3-10(8-12)7-11-4-2-6-13(9-11)15(19,20)21;1-8-5-6-9(7-8)10(2,3)4;;;/h7-8,11-15H,9-10H2,1-6H3;1-6,8-9H;6-8H,1-4H3;2*1H;/q;;;;;+2/p-2. The van der Waals surface area contributed by atoms with Gasteiger partial charge in [-0.05, 0) is 0 Å². The molecule has 4 aromatic rings. The molecule has 320 valence electrons. The molecular formula is C52H52Cl2F6Zr. The maximum Gasteiger partial charge on any atom is -1.00 e. The molecule has 0 amide bonds. The summed E-state index contributed by atoms with van der Waals surface area (Å²) in [6, 6.07) is 20.1. The Morgan fingerprint density at radius 3 is 1.43 bits per heavy atom. The van der Waals surface area contributed by atoms with Gasteiger partial charge < -0.3 is 24.8 Å². The summed E-state index contributed by atoms with van der Waals surface area (Å²) < 4.78 is 89.5. The third-order valence-electron chi connectivity index (χ3n) is 13.4. The number of hydrogen-bond acceptors (Lipinski definition) is 0. The molecule has 0 heterocycles. The van der Waals surface area contributed by atoms with E-state index in [9.17, 15) is 26.3 Å². The molecule has 0 spiro atoms. The van der Waals surface area contributed by atoms with Crippen molar-refractivity contribution in [3.63, 3.8) is 0 Å². The van der Waals surface area contributed by atoms with Gasteiger partial charge in [-0.1, -0.05) is 0 Å². The van der Waals surface area contributed by atoms with Crippen LogP contribution in [0.4, 0.5) is 26.3 Å². The van der Waals surface area contributed by atoms with E-state index in [4.69, 9.17) is 0 Å². The molecule has 0 saturated carbocycles. The topological polar surface area (TPSA) is 0 Å². The number of halogens is 8. The molecule has 0 aliphatic heterocycles. The largest absolute Gasteiger partial charge is 1.00 e. The molecule has 0 nitrogen and oxygen atoms in total. The van der Waals surface area contributed by atoms with Gasteiger partial charge in [-0.3, -0.25) is 0 Å². The molecule has 4 aliphatic carbocycles. The van der Waals surface area contributed by atoms with Crippen molar-refractivity contribution >= 4 is 14.4 Å². The van der Waals surface area contributed by atoms with Crippen LogP contribution in [0.3, 0.4) is 0 Å². The fourth-order valence-corrected chi connectivity index (χ4v) is 19.2. The van der Waals surface area contributed by atoms with Gasteiger partial charge in [0.05, 0.1) is 0 Å². The molecule has 0 radical (unpaired) electrons. The molecule has 0 saturated heterocycles. The summed E-state index contributed by atoms with van der Waals surface area (Å²) in [5, 5.41) is 0. The number of allylic oxidation sites excluding steroid dienone is 8. The zero-order valence-corrected chi connectivity index (χ0v) is 40.3. The number of benzene rings is 4. The Morgan fingerprint density at radius 2 is 1.05 bits per heavy atom. The van der Waals surface area contributed by atoms with Crippen molar-refractivity contribution in [2.75, 3.05) is 0 Å². The van der Waals surface area contributed by atoms with Crippen molar-refractivity contribution in [1.29, 1.82) is 0 Å². The van der Waals surface area contributed by atoms with Gasteiger partial charge in [0.25, 0.3) is 0 Å². The molecule has 0 N–H and O–H groups in total. The molecule has 1 unspecified atom stereocenters. The van der Waals surface area contributed by atoms with E-state index in [0.717, 1.165) is 52.8 Å². The third kappa shape index (κ3) is 8.35. The first kappa shape index (κ1) is 47.2. The summed E-state index contributed by atoms with van der Waals surface area (Å²) in [4.78, 5) is 0. The Balaban J connectivity index is 0.00000311. The van der Waals surface area contributed by atoms with Gasteiger partial charge in [0.15, 0.2) is 0 Å². The van der Waals surface area contributed by atoms with Gasteiger partial charge in [0.1, 0.15) is 0 Å². The van der Waals surface area contributed by atoms with Crippen molar-refractivity contribution in [2.45, 2.75) is 109 Å². The van der Waals surface area contributed by atoms with Gasteiger partial charge in [-0.15, -0.1) is 0 Å². The SMILES string of the molecule is CC1=CCC(C)(C)c2cc3c(cc21)-c1cc2c(cc1[CH]3[Zr+2]([C]1=CC(C(C)(C)C)=CC1C)=[C](c1cccc(C(F)(F)F)c1)c1cccc(C(F)(F)F)c1)C(C)(C)CC=C2C.[Cl-].[Cl-]. The Kier molecular flexibility index (Phi) is 12.4. The van der Waals surface area contributed by atoms with E-state index >= 15 is 0 Å². The minimum atomic E-state index is -4.64. The summed E-state index contributed by atoms with van der Waals surface area (Å²) in [7, 11) is 0. The molecule has 1 atom stereocenters. The Morgan fingerprint density at radius 1 is 0.623 bits per heavy atom. The molecular weight excluding hydrogens is 901 g/mol. The summed E-state index contributed by atoms with van der Waals surface area (Å²) in [6.45, 7) is 22.0. The van der Waals surface area contributed by atoms with E-state index in [1.807, 2.05) is 0 Å². The quantitative estimate of drug-likeness (QED) is 0.179. The zero-order valence-electron chi connectivity index (χ0n) is 36.3. The molecule has 0 fully saturated rings. The monoisotopic (exact) mass is 950 g/mol. The predicted molar refractivity (Wildman–Crippen MR) is 227 cm³/mol. The van der Waals surface area contributed by atoms with E-state index in [2.05, 4.69) is 118 Å². The van der Waals surface area contributed by atoms with Gasteiger partial charge in [-0.2, -0.15) is 0 Å². The molecule has 0 aromatic heterocycles. The van der Waals surface area contributed by atoms with Crippen molar-refractivity contribution < 1.29 is 72.4 Å². The first-order valence-electron chi connectivity index (χ1n) is 20.6. The van der Waals surface area contributed by atoms with E-state index < -0.39 is 44.7 Å². The van der Waals surface area contributed by atoms with Crippen LogP contribution in [0.5, 0.6) is 0 Å². The van der Waals surface area contributed by atoms with E-state index in [1.54, 1.807) is 12.1 Å². The summed E-state index contributed by atoms with van der Waals surface area (Å²) >= 11 is -3.88. The Bertz CT molecular complexity index is 2460. The van der Waals surface area contributed by atoms with Crippen LogP contribution in [0.1, 0.15) is 141 Å². The van der Waals surface area contributed by atoms with Crippen LogP contribution in [0.2, 0.25) is 0 Å². The van der Waals surface area contributed by atoms with Crippen molar-refractivity contribution in [1.82, 2.24) is 0 Å². The maximum atomic E-state index is 14.7. The number of hydrogen-bond donors (Lipinski definition) is 0. The van der Waals surface area contributed by atoms with E-state index in [1.165, 1.54) is 60.9 Å². The Hall–Kier alpha value is -3.25. The van der Waals surface area contributed by atoms with E-state index in [-0.39, 0.29) is 50.6 Å². The molecule has 9 heteroatoms. The maximum absolute atomic E-state index is 14.7. The Labute approximate surface area is 377 Å². The number of fused-ring (bicyclic) bond motifs is 5. The fourth-order valence-electron chi connectivity index (χ4n) is 9.82. The van der Waals surface area contributed by atoms with Gasteiger partial charge >= 0.3 is 355 Å². The van der Waals surface area contributed by atoms with Crippen molar-refractivity contribution in [3.8, 4) is 11.1 Å². The number of alkyl halides is 6. The van der Waals surface area contributed by atoms with Crippen molar-refractivity contribution in [3.05, 3.63) is 162 Å².